The number of halogens is 3. The summed E-state index contributed by atoms with van der Waals surface area (Å²) in [6, 6.07) is 7.70. The van der Waals surface area contributed by atoms with E-state index in [0.717, 1.165) is 25.1 Å². The first-order valence-corrected chi connectivity index (χ1v) is 10.3. The molecule has 1 aromatic heterocycles. The molecule has 0 bridgehead atoms. The summed E-state index contributed by atoms with van der Waals surface area (Å²) in [4.78, 5) is 16.7. The number of aromatic nitrogens is 1. The number of thioether (sulfide) groups is 1. The molecule has 5 nitrogen and oxygen atoms in total. The topological polar surface area (TPSA) is 67.2 Å². The molecule has 2 aromatic rings. The van der Waals surface area contributed by atoms with Gasteiger partial charge in [0, 0.05) is 16.6 Å². The lowest BCUT2D eigenvalue weighted by Gasteiger charge is -2.31. The Morgan fingerprint density at radius 2 is 2.11 bits per heavy atom. The van der Waals surface area contributed by atoms with Gasteiger partial charge in [0.05, 0.1) is 17.2 Å². The molecule has 3 rings (SSSR count). The number of rotatable bonds is 6. The zero-order chi connectivity index (χ0) is 18.5. The number of hydrogen-bond donors (Lipinski definition) is 2. The van der Waals surface area contributed by atoms with Gasteiger partial charge >= 0.3 is 0 Å². The third-order valence-corrected chi connectivity index (χ3v) is 6.00. The molecule has 0 aliphatic carbocycles. The van der Waals surface area contributed by atoms with Gasteiger partial charge in [-0.1, -0.05) is 18.5 Å². The van der Waals surface area contributed by atoms with Gasteiger partial charge in [0.1, 0.15) is 0 Å². The van der Waals surface area contributed by atoms with Crippen molar-refractivity contribution in [3.8, 4) is 11.3 Å². The Labute approximate surface area is 187 Å². The Balaban J connectivity index is 0.00000196. The molecule has 156 valence electrons. The second kappa shape index (κ2) is 11.9. The van der Waals surface area contributed by atoms with E-state index in [4.69, 9.17) is 16.0 Å². The first-order valence-electron chi connectivity index (χ1n) is 8.86. The van der Waals surface area contributed by atoms with Crippen molar-refractivity contribution >= 4 is 54.1 Å². The summed E-state index contributed by atoms with van der Waals surface area (Å²) in [5, 5.41) is 7.06. The summed E-state index contributed by atoms with van der Waals surface area (Å²) in [5.74, 6) is 2.42. The molecule has 3 atom stereocenters. The summed E-state index contributed by atoms with van der Waals surface area (Å²) < 4.78 is 5.79. The summed E-state index contributed by atoms with van der Waals surface area (Å²) in [5.41, 5.74) is 0.934. The molecule has 0 radical (unpaired) electrons. The number of carbonyl (C=O) groups is 1. The van der Waals surface area contributed by atoms with Gasteiger partial charge in [0.15, 0.2) is 5.76 Å². The van der Waals surface area contributed by atoms with Crippen molar-refractivity contribution in [3.05, 3.63) is 41.4 Å². The minimum Gasteiger partial charge on any atom is -0.440 e. The second-order valence-corrected chi connectivity index (χ2v) is 8.43. The maximum absolute atomic E-state index is 12.4. The van der Waals surface area contributed by atoms with Crippen LogP contribution < -0.4 is 10.6 Å². The lowest BCUT2D eigenvalue weighted by molar-refractivity contribution is -0.121. The van der Waals surface area contributed by atoms with Crippen LogP contribution in [0.25, 0.3) is 11.3 Å². The average molecular weight is 467 g/mol. The van der Waals surface area contributed by atoms with Crippen LogP contribution in [0.15, 0.2) is 34.9 Å². The molecule has 1 saturated heterocycles. The minimum absolute atomic E-state index is 0. The van der Waals surface area contributed by atoms with Gasteiger partial charge in [-0.15, -0.1) is 36.6 Å². The SMILES string of the molecule is CC(SCc1ncc(-c2ccc(Cl)cc2)o1)C(=O)NC1CCNCC1C.Cl.Cl. The number of carbonyl (C=O) groups excluding carboxylic acids is 1. The quantitative estimate of drug-likeness (QED) is 0.652. The highest BCUT2D eigenvalue weighted by atomic mass is 35.5. The summed E-state index contributed by atoms with van der Waals surface area (Å²) in [7, 11) is 0. The van der Waals surface area contributed by atoms with Crippen LogP contribution in [0.2, 0.25) is 5.02 Å². The predicted octanol–water partition coefficient (Wildman–Crippen LogP) is 4.57. The molecular formula is C19H26Cl3N3O2S. The van der Waals surface area contributed by atoms with E-state index in [1.54, 1.807) is 6.20 Å². The Morgan fingerprint density at radius 3 is 2.79 bits per heavy atom. The van der Waals surface area contributed by atoms with Crippen LogP contribution in [-0.4, -0.2) is 35.3 Å². The van der Waals surface area contributed by atoms with Crippen LogP contribution in [-0.2, 0) is 10.5 Å². The second-order valence-electron chi connectivity index (χ2n) is 6.66. The van der Waals surface area contributed by atoms with Crippen LogP contribution in [0.5, 0.6) is 0 Å². The largest absolute Gasteiger partial charge is 0.440 e. The molecular weight excluding hydrogens is 441 g/mol. The van der Waals surface area contributed by atoms with E-state index in [2.05, 4.69) is 22.5 Å². The van der Waals surface area contributed by atoms with Gasteiger partial charge in [-0.2, -0.15) is 0 Å². The minimum atomic E-state index is -0.150. The van der Waals surface area contributed by atoms with Crippen LogP contribution in [0.4, 0.5) is 0 Å². The third kappa shape index (κ3) is 6.85. The zero-order valence-corrected chi connectivity index (χ0v) is 19.0. The molecule has 2 N–H and O–H groups in total. The smallest absolute Gasteiger partial charge is 0.233 e. The fourth-order valence-electron chi connectivity index (χ4n) is 2.93. The highest BCUT2D eigenvalue weighted by Crippen LogP contribution is 2.25. The monoisotopic (exact) mass is 465 g/mol. The average Bonchev–Trinajstić information content (AvgIpc) is 3.11. The lowest BCUT2D eigenvalue weighted by atomic mass is 9.95. The van der Waals surface area contributed by atoms with Gasteiger partial charge in [-0.05, 0) is 56.6 Å². The van der Waals surface area contributed by atoms with Crippen LogP contribution in [0.3, 0.4) is 0 Å². The first kappa shape index (κ1) is 25.1. The Morgan fingerprint density at radius 1 is 1.39 bits per heavy atom. The van der Waals surface area contributed by atoms with E-state index >= 15 is 0 Å². The molecule has 1 fully saturated rings. The maximum Gasteiger partial charge on any atom is 0.233 e. The fraction of sp³-hybridized carbons (Fsp3) is 0.474. The van der Waals surface area contributed by atoms with Gasteiger partial charge in [0.25, 0.3) is 0 Å². The van der Waals surface area contributed by atoms with Crippen molar-refractivity contribution in [1.82, 2.24) is 15.6 Å². The third-order valence-electron chi connectivity index (χ3n) is 4.62. The van der Waals surface area contributed by atoms with E-state index in [1.807, 2.05) is 31.2 Å². The van der Waals surface area contributed by atoms with E-state index in [0.29, 0.717) is 28.3 Å². The Bertz CT molecular complexity index is 742. The molecule has 1 amide bonds. The molecule has 1 aliphatic rings. The van der Waals surface area contributed by atoms with Gasteiger partial charge in [-0.3, -0.25) is 4.79 Å². The standard InChI is InChI=1S/C19H24ClN3O2S.2ClH/c1-12-9-21-8-7-16(12)23-19(24)13(2)26-11-18-22-10-17(25-18)14-3-5-15(20)6-4-14;;/h3-6,10,12-13,16,21H,7-9,11H2,1-2H3,(H,23,24);2*1H. The molecule has 3 unspecified atom stereocenters. The van der Waals surface area contributed by atoms with Gasteiger partial charge in [-0.25, -0.2) is 4.98 Å². The normalized spacial score (nSPS) is 19.8. The van der Waals surface area contributed by atoms with Crippen molar-refractivity contribution in [2.24, 2.45) is 5.92 Å². The van der Waals surface area contributed by atoms with Crippen LogP contribution in [0, 0.1) is 5.92 Å². The summed E-state index contributed by atoms with van der Waals surface area (Å²) >= 11 is 7.44. The van der Waals surface area contributed by atoms with Crippen LogP contribution in [0.1, 0.15) is 26.2 Å². The number of hydrogen-bond acceptors (Lipinski definition) is 5. The predicted molar refractivity (Wildman–Crippen MR) is 121 cm³/mol. The van der Waals surface area contributed by atoms with E-state index < -0.39 is 0 Å². The van der Waals surface area contributed by atoms with Gasteiger partial charge < -0.3 is 15.1 Å². The number of nitrogens with zero attached hydrogens (tertiary/aromatic N) is 1. The maximum atomic E-state index is 12.4. The number of oxazole rings is 1. The molecule has 9 heteroatoms. The summed E-state index contributed by atoms with van der Waals surface area (Å²) in [6.07, 6.45) is 2.69. The molecule has 2 heterocycles. The zero-order valence-electron chi connectivity index (χ0n) is 15.8. The van der Waals surface area contributed by atoms with Crippen molar-refractivity contribution in [1.29, 1.82) is 0 Å². The van der Waals surface area contributed by atoms with Crippen molar-refractivity contribution < 1.29 is 9.21 Å². The highest BCUT2D eigenvalue weighted by molar-refractivity contribution is 7.99. The Hall–Kier alpha value is -0.920. The molecule has 28 heavy (non-hydrogen) atoms. The van der Waals surface area contributed by atoms with Gasteiger partial charge in [0.2, 0.25) is 11.8 Å². The van der Waals surface area contributed by atoms with E-state index in [-0.39, 0.29) is 42.0 Å². The number of amides is 1. The van der Waals surface area contributed by atoms with Crippen molar-refractivity contribution in [2.75, 3.05) is 13.1 Å². The molecule has 0 saturated carbocycles. The molecule has 1 aliphatic heterocycles. The van der Waals surface area contributed by atoms with E-state index in [9.17, 15) is 4.79 Å². The van der Waals surface area contributed by atoms with E-state index in [1.165, 1.54) is 11.8 Å². The molecule has 1 aromatic carbocycles. The number of benzene rings is 1. The number of piperidine rings is 1. The lowest BCUT2D eigenvalue weighted by Crippen LogP contribution is -2.50. The fourth-order valence-corrected chi connectivity index (χ4v) is 3.80. The Kier molecular flexibility index (Phi) is 10.7. The van der Waals surface area contributed by atoms with Crippen molar-refractivity contribution in [3.63, 3.8) is 0 Å². The first-order chi connectivity index (χ1) is 12.5. The number of nitrogens with one attached hydrogen (secondary N) is 2. The highest BCUT2D eigenvalue weighted by Gasteiger charge is 2.25. The summed E-state index contributed by atoms with van der Waals surface area (Å²) in [6.45, 7) is 6.01. The van der Waals surface area contributed by atoms with Crippen molar-refractivity contribution in [2.45, 2.75) is 37.3 Å². The molecule has 0 spiro atoms. The van der Waals surface area contributed by atoms with Crippen LogP contribution >= 0.6 is 48.2 Å².